The fourth-order valence-corrected chi connectivity index (χ4v) is 6.29. The Morgan fingerprint density at radius 2 is 1.94 bits per heavy atom. The van der Waals surface area contributed by atoms with Crippen molar-refractivity contribution in [2.24, 2.45) is 0 Å². The third-order valence-corrected chi connectivity index (χ3v) is 8.65. The number of alkyl halides is 2. The van der Waals surface area contributed by atoms with E-state index in [4.69, 9.17) is 9.94 Å². The molecule has 12 heteroatoms. The number of amides is 1. The molecule has 2 fully saturated rings. The monoisotopic (exact) mass is 483 g/mol. The van der Waals surface area contributed by atoms with Crippen molar-refractivity contribution in [3.05, 3.63) is 29.6 Å². The third-order valence-electron chi connectivity index (χ3n) is 6.02. The summed E-state index contributed by atoms with van der Waals surface area (Å²) >= 11 is 0. The Kier molecular flexibility index (Phi) is 9.14. The molecule has 2 aliphatic rings. The second-order valence-electron chi connectivity index (χ2n) is 7.75. The van der Waals surface area contributed by atoms with Gasteiger partial charge in [0.25, 0.3) is 5.91 Å². The number of hydrogen-bond donors (Lipinski definition) is 2. The summed E-state index contributed by atoms with van der Waals surface area (Å²) in [7, 11) is -4.00. The van der Waals surface area contributed by atoms with E-state index in [9.17, 15) is 22.0 Å². The van der Waals surface area contributed by atoms with E-state index < -0.39 is 27.1 Å². The summed E-state index contributed by atoms with van der Waals surface area (Å²) in [6.45, 7) is 0.738. The number of rotatable bonds is 7. The first-order valence-electron chi connectivity index (χ1n) is 10.0. The number of nitrogens with one attached hydrogen (secondary N) is 1. The molecule has 0 aliphatic carbocycles. The zero-order valence-electron chi connectivity index (χ0n) is 17.0. The number of hydroxylamine groups is 1. The van der Waals surface area contributed by atoms with Gasteiger partial charge in [-0.1, -0.05) is 6.07 Å². The highest BCUT2D eigenvalue weighted by molar-refractivity contribution is 7.91. The molecule has 2 saturated heterocycles. The van der Waals surface area contributed by atoms with Gasteiger partial charge in [0.15, 0.2) is 4.75 Å². The molecule has 0 saturated carbocycles. The number of sulfonamides is 1. The van der Waals surface area contributed by atoms with Crippen molar-refractivity contribution in [2.75, 3.05) is 26.3 Å². The molecule has 31 heavy (non-hydrogen) atoms. The van der Waals surface area contributed by atoms with Gasteiger partial charge in [0.2, 0.25) is 16.4 Å². The lowest BCUT2D eigenvalue weighted by Gasteiger charge is -2.40. The molecule has 1 aromatic rings. The fraction of sp³-hybridized carbons (Fsp3) is 0.684. The topological polar surface area (TPSA) is 109 Å². The van der Waals surface area contributed by atoms with Crippen LogP contribution in [-0.2, 0) is 26.0 Å². The van der Waals surface area contributed by atoms with Crippen LogP contribution in [0.15, 0.2) is 18.3 Å². The van der Waals surface area contributed by atoms with Crippen LogP contribution in [0.1, 0.15) is 49.3 Å². The summed E-state index contributed by atoms with van der Waals surface area (Å²) in [5.41, 5.74) is 3.07. The van der Waals surface area contributed by atoms with Gasteiger partial charge in [-0.15, -0.1) is 12.4 Å². The number of ether oxygens (including phenoxy) is 1. The van der Waals surface area contributed by atoms with E-state index in [2.05, 4.69) is 4.98 Å². The van der Waals surface area contributed by atoms with Crippen LogP contribution in [-0.4, -0.2) is 66.3 Å². The largest absolute Gasteiger partial charge is 0.381 e. The zero-order chi connectivity index (χ0) is 21.8. The highest BCUT2D eigenvalue weighted by Gasteiger charge is 2.54. The minimum atomic E-state index is -4.00. The van der Waals surface area contributed by atoms with E-state index in [-0.39, 0.29) is 70.3 Å². The van der Waals surface area contributed by atoms with Gasteiger partial charge in [0.05, 0.1) is 0 Å². The molecule has 176 valence electrons. The molecular weight excluding hydrogens is 456 g/mol. The Balaban J connectivity index is 0.00000341. The van der Waals surface area contributed by atoms with E-state index in [1.165, 1.54) is 9.79 Å². The average Bonchev–Trinajstić information content (AvgIpc) is 2.78. The summed E-state index contributed by atoms with van der Waals surface area (Å²) in [5.74, 6) is -0.869. The van der Waals surface area contributed by atoms with Crippen molar-refractivity contribution in [3.63, 3.8) is 0 Å². The van der Waals surface area contributed by atoms with E-state index in [1.54, 1.807) is 12.3 Å². The number of piperidine rings is 1. The number of pyridine rings is 1. The minimum absolute atomic E-state index is 0. The third kappa shape index (κ3) is 5.51. The van der Waals surface area contributed by atoms with Crippen LogP contribution >= 0.6 is 12.4 Å². The summed E-state index contributed by atoms with van der Waals surface area (Å²) in [6, 6.07) is 3.60. The van der Waals surface area contributed by atoms with Crippen LogP contribution in [0.5, 0.6) is 0 Å². The molecule has 2 aliphatic heterocycles. The molecule has 0 aromatic carbocycles. The van der Waals surface area contributed by atoms with Crippen LogP contribution in [0, 0.1) is 0 Å². The molecule has 0 radical (unpaired) electrons. The molecular formula is C19H28ClF2N3O5S. The molecule has 0 atom stereocenters. The molecule has 1 aromatic heterocycles. The maximum atomic E-state index is 13.3. The van der Waals surface area contributed by atoms with Crippen molar-refractivity contribution in [2.45, 2.75) is 55.6 Å². The standard InChI is InChI=1S/C19H27F2N3O5S.ClH/c20-17(21)4-2-14-1-3-16(22-13-14)15-5-9-24(10-6-15)30(27,28)19(18(25)23-26)7-11-29-12-8-19;/h1,3,13,15,17,26H,2,4-12H2,(H,23,25);1H. The van der Waals surface area contributed by atoms with Gasteiger partial charge in [-0.2, -0.15) is 0 Å². The molecule has 0 unspecified atom stereocenters. The van der Waals surface area contributed by atoms with Gasteiger partial charge in [0, 0.05) is 63.4 Å². The van der Waals surface area contributed by atoms with Crippen LogP contribution in [0.2, 0.25) is 0 Å². The molecule has 3 rings (SSSR count). The van der Waals surface area contributed by atoms with Crippen LogP contribution in [0.3, 0.4) is 0 Å². The van der Waals surface area contributed by atoms with Crippen molar-refractivity contribution in [3.8, 4) is 0 Å². The number of aromatic nitrogens is 1. The van der Waals surface area contributed by atoms with E-state index >= 15 is 0 Å². The van der Waals surface area contributed by atoms with Crippen molar-refractivity contribution in [1.82, 2.24) is 14.8 Å². The average molecular weight is 484 g/mol. The minimum Gasteiger partial charge on any atom is -0.381 e. The number of carbonyl (C=O) groups excluding carboxylic acids is 1. The first-order chi connectivity index (χ1) is 14.3. The highest BCUT2D eigenvalue weighted by Crippen LogP contribution is 2.36. The predicted octanol–water partition coefficient (Wildman–Crippen LogP) is 2.26. The Hall–Kier alpha value is -1.40. The predicted molar refractivity (Wildman–Crippen MR) is 111 cm³/mol. The van der Waals surface area contributed by atoms with Gasteiger partial charge in [0.1, 0.15) is 0 Å². The maximum absolute atomic E-state index is 13.3. The van der Waals surface area contributed by atoms with E-state index in [0.717, 1.165) is 11.3 Å². The molecule has 3 heterocycles. The normalized spacial score (nSPS) is 20.3. The van der Waals surface area contributed by atoms with Gasteiger partial charge >= 0.3 is 0 Å². The van der Waals surface area contributed by atoms with Gasteiger partial charge in [-0.05, 0) is 30.9 Å². The number of carbonyl (C=O) groups is 1. The number of nitrogens with zero attached hydrogens (tertiary/aromatic N) is 2. The molecule has 8 nitrogen and oxygen atoms in total. The van der Waals surface area contributed by atoms with Crippen LogP contribution < -0.4 is 5.48 Å². The second-order valence-corrected chi connectivity index (χ2v) is 10.00. The molecule has 1 amide bonds. The fourth-order valence-electron chi connectivity index (χ4n) is 4.15. The van der Waals surface area contributed by atoms with Gasteiger partial charge in [-0.25, -0.2) is 27.0 Å². The lowest BCUT2D eigenvalue weighted by molar-refractivity contribution is -0.134. The first-order valence-corrected chi connectivity index (χ1v) is 11.5. The van der Waals surface area contributed by atoms with Crippen molar-refractivity contribution < 1.29 is 31.9 Å². The summed E-state index contributed by atoms with van der Waals surface area (Å²) in [5, 5.41) is 9.12. The SMILES string of the molecule is Cl.O=C(NO)C1(S(=O)(=O)N2CCC(c3ccc(CCC(F)F)cn3)CC2)CCOCC1. The van der Waals surface area contributed by atoms with E-state index in [1.807, 2.05) is 6.07 Å². The second kappa shape index (κ2) is 11.0. The van der Waals surface area contributed by atoms with Gasteiger partial charge < -0.3 is 4.74 Å². The lowest BCUT2D eigenvalue weighted by atomic mass is 9.94. The van der Waals surface area contributed by atoms with Crippen molar-refractivity contribution in [1.29, 1.82) is 0 Å². The number of hydrogen-bond acceptors (Lipinski definition) is 6. The highest BCUT2D eigenvalue weighted by atomic mass is 35.5. The van der Waals surface area contributed by atoms with Gasteiger partial charge in [-0.3, -0.25) is 15.0 Å². The molecule has 0 bridgehead atoms. The maximum Gasteiger partial charge on any atom is 0.266 e. The Morgan fingerprint density at radius 3 is 2.45 bits per heavy atom. The number of aryl methyl sites for hydroxylation is 1. The summed E-state index contributed by atoms with van der Waals surface area (Å²) in [6.07, 6.45) is 0.371. The number of halogens is 3. The Morgan fingerprint density at radius 1 is 1.29 bits per heavy atom. The zero-order valence-corrected chi connectivity index (χ0v) is 18.6. The smallest absolute Gasteiger partial charge is 0.266 e. The Bertz CT molecular complexity index is 827. The molecule has 2 N–H and O–H groups in total. The first kappa shape index (κ1) is 25.9. The van der Waals surface area contributed by atoms with Crippen LogP contribution in [0.4, 0.5) is 8.78 Å². The Labute approximate surface area is 186 Å². The summed E-state index contributed by atoms with van der Waals surface area (Å²) < 4.78 is 56.1. The summed E-state index contributed by atoms with van der Waals surface area (Å²) in [4.78, 5) is 16.7. The lowest BCUT2D eigenvalue weighted by Crippen LogP contribution is -2.60. The van der Waals surface area contributed by atoms with Crippen molar-refractivity contribution >= 4 is 28.3 Å². The molecule has 0 spiro atoms. The van der Waals surface area contributed by atoms with E-state index in [0.29, 0.717) is 12.8 Å². The van der Waals surface area contributed by atoms with Crippen LogP contribution in [0.25, 0.3) is 0 Å². The quantitative estimate of drug-likeness (QED) is 0.455.